The van der Waals surface area contributed by atoms with E-state index in [1.165, 1.54) is 0 Å². The van der Waals surface area contributed by atoms with E-state index in [2.05, 4.69) is 20.8 Å². The first-order chi connectivity index (χ1) is 8.37. The summed E-state index contributed by atoms with van der Waals surface area (Å²) in [4.78, 5) is 14.2. The molecule has 1 saturated heterocycles. The van der Waals surface area contributed by atoms with Crippen molar-refractivity contribution in [2.45, 2.75) is 50.5 Å². The maximum Gasteiger partial charge on any atom is 0.232 e. The Morgan fingerprint density at radius 3 is 2.58 bits per heavy atom. The van der Waals surface area contributed by atoms with Gasteiger partial charge in [0, 0.05) is 31.0 Å². The fourth-order valence-electron chi connectivity index (χ4n) is 2.14. The fraction of sp³-hybridized carbons (Fsp3) is 0.923. The van der Waals surface area contributed by atoms with Crippen molar-refractivity contribution in [1.29, 1.82) is 0 Å². The summed E-state index contributed by atoms with van der Waals surface area (Å²) in [6, 6.07) is 0.136. The van der Waals surface area contributed by atoms with E-state index >= 15 is 0 Å². The Bertz CT molecular complexity index is 284. The third-order valence-electron chi connectivity index (χ3n) is 3.22. The van der Waals surface area contributed by atoms with Crippen LogP contribution in [0, 0.1) is 0 Å². The molecule has 0 radical (unpaired) electrons. The summed E-state index contributed by atoms with van der Waals surface area (Å²) in [7, 11) is 1.73. The van der Waals surface area contributed by atoms with Crippen molar-refractivity contribution in [2.75, 3.05) is 26.0 Å². The molecule has 2 unspecified atom stereocenters. The van der Waals surface area contributed by atoms with Crippen LogP contribution >= 0.6 is 24.2 Å². The molecule has 1 aliphatic heterocycles. The summed E-state index contributed by atoms with van der Waals surface area (Å²) in [6.07, 6.45) is 2.02. The number of carbonyl (C=O) groups is 1. The van der Waals surface area contributed by atoms with Crippen LogP contribution in [0.4, 0.5) is 0 Å². The van der Waals surface area contributed by atoms with Crippen LogP contribution in [0.15, 0.2) is 0 Å². The van der Waals surface area contributed by atoms with Gasteiger partial charge in [-0.05, 0) is 12.8 Å². The van der Waals surface area contributed by atoms with Gasteiger partial charge in [0.05, 0.1) is 11.9 Å². The van der Waals surface area contributed by atoms with Crippen molar-refractivity contribution in [3.63, 3.8) is 0 Å². The highest BCUT2D eigenvalue weighted by molar-refractivity contribution is 8.01. The van der Waals surface area contributed by atoms with Crippen LogP contribution in [0.5, 0.6) is 0 Å². The van der Waals surface area contributed by atoms with Gasteiger partial charge in [-0.1, -0.05) is 20.8 Å². The molecular weight excluding hydrogens is 284 g/mol. The zero-order valence-corrected chi connectivity index (χ0v) is 14.0. The summed E-state index contributed by atoms with van der Waals surface area (Å²) in [5, 5.41) is 0. The number of thioether (sulfide) groups is 1. The maximum atomic E-state index is 12.2. The number of halogens is 1. The molecule has 6 heteroatoms. The van der Waals surface area contributed by atoms with Gasteiger partial charge in [-0.25, -0.2) is 0 Å². The lowest BCUT2D eigenvalue weighted by atomic mass is 9.99. The monoisotopic (exact) mass is 310 g/mol. The quantitative estimate of drug-likeness (QED) is 0.862. The highest BCUT2D eigenvalue weighted by atomic mass is 35.5. The van der Waals surface area contributed by atoms with Crippen LogP contribution in [-0.2, 0) is 9.53 Å². The Morgan fingerprint density at radius 2 is 2.11 bits per heavy atom. The lowest BCUT2D eigenvalue weighted by molar-refractivity contribution is -0.133. The van der Waals surface area contributed by atoms with Crippen LogP contribution in [0.1, 0.15) is 33.6 Å². The topological polar surface area (TPSA) is 55.6 Å². The number of rotatable bonds is 4. The zero-order valence-electron chi connectivity index (χ0n) is 12.3. The van der Waals surface area contributed by atoms with Gasteiger partial charge >= 0.3 is 0 Å². The number of carbonyl (C=O) groups excluding carboxylic acids is 1. The molecule has 19 heavy (non-hydrogen) atoms. The van der Waals surface area contributed by atoms with E-state index < -0.39 is 0 Å². The Labute approximate surface area is 127 Å². The van der Waals surface area contributed by atoms with Gasteiger partial charge in [0.15, 0.2) is 0 Å². The fourth-order valence-corrected chi connectivity index (χ4v) is 2.86. The van der Waals surface area contributed by atoms with Gasteiger partial charge in [0.1, 0.15) is 0 Å². The molecule has 0 aliphatic carbocycles. The predicted molar refractivity (Wildman–Crippen MR) is 84.0 cm³/mol. The van der Waals surface area contributed by atoms with Crippen LogP contribution in [0.25, 0.3) is 0 Å². The third-order valence-corrected chi connectivity index (χ3v) is 4.48. The number of nitrogens with two attached hydrogens (primary N) is 1. The van der Waals surface area contributed by atoms with Gasteiger partial charge < -0.3 is 15.4 Å². The number of hydrogen-bond donors (Lipinski definition) is 1. The van der Waals surface area contributed by atoms with E-state index in [1.807, 2.05) is 4.90 Å². The Balaban J connectivity index is 0.00000324. The lowest BCUT2D eigenvalue weighted by Crippen LogP contribution is -2.51. The summed E-state index contributed by atoms with van der Waals surface area (Å²) >= 11 is 1.69. The number of ether oxygens (including phenoxy) is 1. The van der Waals surface area contributed by atoms with Gasteiger partial charge in [0.25, 0.3) is 0 Å². The van der Waals surface area contributed by atoms with E-state index in [-0.39, 0.29) is 35.2 Å². The number of amides is 1. The molecular formula is C13H27ClN2O2S. The van der Waals surface area contributed by atoms with Crippen LogP contribution in [-0.4, -0.2) is 53.7 Å². The Kier molecular flexibility index (Phi) is 8.36. The van der Waals surface area contributed by atoms with Crippen LogP contribution < -0.4 is 5.73 Å². The summed E-state index contributed by atoms with van der Waals surface area (Å²) in [5.74, 6) is 0.748. The first-order valence-corrected chi connectivity index (χ1v) is 7.52. The smallest absolute Gasteiger partial charge is 0.232 e. The second-order valence-corrected chi connectivity index (χ2v) is 7.56. The molecule has 1 rings (SSSR count). The van der Waals surface area contributed by atoms with E-state index in [4.69, 9.17) is 10.5 Å². The normalized spacial score (nSPS) is 23.9. The molecule has 0 saturated carbocycles. The number of methoxy groups -OCH3 is 1. The molecule has 0 aromatic heterocycles. The van der Waals surface area contributed by atoms with Crippen molar-refractivity contribution in [3.05, 3.63) is 0 Å². The van der Waals surface area contributed by atoms with Gasteiger partial charge in [0.2, 0.25) is 5.91 Å². The molecule has 1 amide bonds. The number of piperidine rings is 1. The Hall–Kier alpha value is 0.0300. The van der Waals surface area contributed by atoms with Crippen LogP contribution in [0.3, 0.4) is 0 Å². The molecule has 1 aliphatic rings. The van der Waals surface area contributed by atoms with Crippen molar-refractivity contribution >= 4 is 30.1 Å². The number of likely N-dealkylation sites (tertiary alicyclic amines) is 1. The van der Waals surface area contributed by atoms with Gasteiger partial charge in [-0.3, -0.25) is 4.79 Å². The standard InChI is InChI=1S/C13H26N2O2S.ClH/c1-13(2,3)18-9-12(16)15-6-5-11(17-4)7-10(15)8-14;/h10-11H,5-9,14H2,1-4H3;1H. The number of nitrogens with zero attached hydrogens (tertiary/aromatic N) is 1. The van der Waals surface area contributed by atoms with Crippen molar-refractivity contribution in [3.8, 4) is 0 Å². The average Bonchev–Trinajstić information content (AvgIpc) is 2.34. The maximum absolute atomic E-state index is 12.2. The first kappa shape index (κ1) is 19.0. The van der Waals surface area contributed by atoms with Crippen LogP contribution in [0.2, 0.25) is 0 Å². The highest BCUT2D eigenvalue weighted by Crippen LogP contribution is 2.25. The second kappa shape index (κ2) is 8.35. The predicted octanol–water partition coefficient (Wildman–Crippen LogP) is 1.90. The lowest BCUT2D eigenvalue weighted by Gasteiger charge is -2.38. The molecule has 2 N–H and O–H groups in total. The van der Waals surface area contributed by atoms with Gasteiger partial charge in [-0.2, -0.15) is 0 Å². The zero-order chi connectivity index (χ0) is 13.8. The molecule has 0 aromatic carbocycles. The minimum atomic E-state index is 0. The average molecular weight is 311 g/mol. The SMILES string of the molecule is COC1CCN(C(=O)CSC(C)(C)C)C(CN)C1.Cl. The molecule has 114 valence electrons. The highest BCUT2D eigenvalue weighted by Gasteiger charge is 2.31. The first-order valence-electron chi connectivity index (χ1n) is 6.53. The molecule has 0 bridgehead atoms. The van der Waals surface area contributed by atoms with Crippen molar-refractivity contribution in [2.24, 2.45) is 5.73 Å². The summed E-state index contributed by atoms with van der Waals surface area (Å²) in [6.45, 7) is 7.67. The second-order valence-electron chi connectivity index (χ2n) is 5.76. The molecule has 2 atom stereocenters. The van der Waals surface area contributed by atoms with E-state index in [0.29, 0.717) is 12.3 Å². The van der Waals surface area contributed by atoms with E-state index in [0.717, 1.165) is 19.4 Å². The Morgan fingerprint density at radius 1 is 1.47 bits per heavy atom. The molecule has 0 spiro atoms. The van der Waals surface area contributed by atoms with E-state index in [9.17, 15) is 4.79 Å². The number of hydrogen-bond acceptors (Lipinski definition) is 4. The molecule has 4 nitrogen and oxygen atoms in total. The van der Waals surface area contributed by atoms with Gasteiger partial charge in [-0.15, -0.1) is 24.2 Å². The minimum absolute atomic E-state index is 0. The summed E-state index contributed by atoms with van der Waals surface area (Å²) in [5.41, 5.74) is 5.77. The molecule has 0 aromatic rings. The summed E-state index contributed by atoms with van der Waals surface area (Å²) < 4.78 is 5.49. The van der Waals surface area contributed by atoms with Crippen molar-refractivity contribution < 1.29 is 9.53 Å². The molecule has 1 heterocycles. The van der Waals surface area contributed by atoms with E-state index in [1.54, 1.807) is 18.9 Å². The molecule has 1 fully saturated rings. The van der Waals surface area contributed by atoms with Crippen molar-refractivity contribution in [1.82, 2.24) is 4.90 Å². The minimum Gasteiger partial charge on any atom is -0.381 e. The third kappa shape index (κ3) is 6.34. The largest absolute Gasteiger partial charge is 0.381 e.